The molecule has 0 spiro atoms. The van der Waals surface area contributed by atoms with E-state index in [0.29, 0.717) is 12.0 Å². The zero-order valence-corrected chi connectivity index (χ0v) is 13.3. The number of ketones is 1. The Bertz CT molecular complexity index is 714. The summed E-state index contributed by atoms with van der Waals surface area (Å²) in [6.45, 7) is 6.59. The summed E-state index contributed by atoms with van der Waals surface area (Å²) >= 11 is 0. The third kappa shape index (κ3) is 2.73. The number of aromatic nitrogens is 2. The monoisotopic (exact) mass is 295 g/mol. The Morgan fingerprint density at radius 2 is 1.82 bits per heavy atom. The number of rotatable bonds is 1. The van der Waals surface area contributed by atoms with Crippen molar-refractivity contribution in [1.82, 2.24) is 9.97 Å². The minimum Gasteiger partial charge on any atom is -0.368 e. The first-order valence-electron chi connectivity index (χ1n) is 7.59. The Morgan fingerprint density at radius 1 is 1.14 bits per heavy atom. The summed E-state index contributed by atoms with van der Waals surface area (Å²) in [6.07, 6.45) is 2.80. The molecule has 0 saturated carbocycles. The van der Waals surface area contributed by atoms with Crippen molar-refractivity contribution >= 4 is 11.7 Å². The molecule has 0 unspecified atom stereocenters. The molecule has 1 aromatic carbocycles. The van der Waals surface area contributed by atoms with Gasteiger partial charge in [-0.2, -0.15) is 0 Å². The zero-order valence-electron chi connectivity index (χ0n) is 13.3. The summed E-state index contributed by atoms with van der Waals surface area (Å²) in [5, 5.41) is 0. The molecule has 1 aromatic heterocycles. The van der Waals surface area contributed by atoms with Crippen molar-refractivity contribution in [2.75, 3.05) is 5.73 Å². The van der Waals surface area contributed by atoms with Crippen molar-refractivity contribution < 1.29 is 4.79 Å². The van der Waals surface area contributed by atoms with E-state index in [1.54, 1.807) is 6.20 Å². The van der Waals surface area contributed by atoms with E-state index in [1.807, 2.05) is 0 Å². The third-order valence-electron chi connectivity index (χ3n) is 4.31. The van der Waals surface area contributed by atoms with E-state index < -0.39 is 0 Å². The summed E-state index contributed by atoms with van der Waals surface area (Å²) in [7, 11) is 0. The maximum atomic E-state index is 12.3. The predicted octanol–water partition coefficient (Wildman–Crippen LogP) is 3.27. The van der Waals surface area contributed by atoms with Crippen LogP contribution in [0.3, 0.4) is 0 Å². The number of Topliss-reactive ketones (excluding diaryl/α,β-unsaturated/α-hetero) is 1. The Balaban J connectivity index is 1.89. The van der Waals surface area contributed by atoms with Gasteiger partial charge < -0.3 is 5.73 Å². The summed E-state index contributed by atoms with van der Waals surface area (Å²) in [5.41, 5.74) is 9.65. The Labute approximate surface area is 130 Å². The second-order valence-corrected chi connectivity index (χ2v) is 6.99. The molecule has 4 heteroatoms. The standard InChI is InChI=1S/C18H21N3O/c1-18(2,3)13-6-4-11(5-7-13)12-8-15-14(16(22)9-12)10-20-17(19)21-15/h4-7,10,12H,8-9H2,1-3H3,(H2,19,20,21)/t12-/m0/s1. The van der Waals surface area contributed by atoms with Crippen molar-refractivity contribution in [2.45, 2.75) is 44.9 Å². The Kier molecular flexibility index (Phi) is 3.47. The van der Waals surface area contributed by atoms with E-state index in [9.17, 15) is 4.79 Å². The number of carbonyl (C=O) groups excluding carboxylic acids is 1. The van der Waals surface area contributed by atoms with E-state index in [4.69, 9.17) is 5.73 Å². The average Bonchev–Trinajstić information content (AvgIpc) is 2.46. The quantitative estimate of drug-likeness (QED) is 0.876. The van der Waals surface area contributed by atoms with Crippen molar-refractivity contribution in [3.8, 4) is 0 Å². The lowest BCUT2D eigenvalue weighted by Crippen LogP contribution is -2.21. The van der Waals surface area contributed by atoms with E-state index >= 15 is 0 Å². The van der Waals surface area contributed by atoms with Crippen molar-refractivity contribution in [2.24, 2.45) is 0 Å². The molecule has 0 bridgehead atoms. The highest BCUT2D eigenvalue weighted by Crippen LogP contribution is 2.33. The number of hydrogen-bond donors (Lipinski definition) is 1. The van der Waals surface area contributed by atoms with Gasteiger partial charge in [-0.05, 0) is 28.9 Å². The highest BCUT2D eigenvalue weighted by Gasteiger charge is 2.28. The van der Waals surface area contributed by atoms with Gasteiger partial charge in [-0.15, -0.1) is 0 Å². The number of nitrogens with two attached hydrogens (primary N) is 1. The molecule has 0 fully saturated rings. The first-order valence-corrected chi connectivity index (χ1v) is 7.59. The minimum absolute atomic E-state index is 0.103. The smallest absolute Gasteiger partial charge is 0.220 e. The van der Waals surface area contributed by atoms with Crippen LogP contribution in [0, 0.1) is 0 Å². The second kappa shape index (κ2) is 5.20. The lowest BCUT2D eigenvalue weighted by atomic mass is 9.80. The molecule has 3 rings (SSSR count). The average molecular weight is 295 g/mol. The number of carbonyl (C=O) groups is 1. The van der Waals surface area contributed by atoms with Gasteiger partial charge in [0.25, 0.3) is 0 Å². The van der Waals surface area contributed by atoms with Crippen LogP contribution >= 0.6 is 0 Å². The molecule has 1 aliphatic rings. The lowest BCUT2D eigenvalue weighted by Gasteiger charge is -2.24. The van der Waals surface area contributed by atoms with Gasteiger partial charge >= 0.3 is 0 Å². The topological polar surface area (TPSA) is 68.9 Å². The highest BCUT2D eigenvalue weighted by atomic mass is 16.1. The molecule has 0 radical (unpaired) electrons. The molecule has 4 nitrogen and oxygen atoms in total. The van der Waals surface area contributed by atoms with Gasteiger partial charge in [0.2, 0.25) is 5.95 Å². The Morgan fingerprint density at radius 3 is 2.45 bits per heavy atom. The van der Waals surface area contributed by atoms with Gasteiger partial charge in [-0.1, -0.05) is 45.0 Å². The lowest BCUT2D eigenvalue weighted by molar-refractivity contribution is 0.0962. The minimum atomic E-state index is 0.103. The number of fused-ring (bicyclic) bond motifs is 1. The fourth-order valence-electron chi connectivity index (χ4n) is 2.95. The van der Waals surface area contributed by atoms with Gasteiger partial charge in [-0.3, -0.25) is 4.79 Å². The van der Waals surface area contributed by atoms with Crippen molar-refractivity contribution in [1.29, 1.82) is 0 Å². The summed E-state index contributed by atoms with van der Waals surface area (Å²) in [4.78, 5) is 20.5. The normalized spacial score (nSPS) is 18.1. The first kappa shape index (κ1) is 14.7. The molecule has 1 atom stereocenters. The molecule has 22 heavy (non-hydrogen) atoms. The van der Waals surface area contributed by atoms with Crippen LogP contribution in [0.15, 0.2) is 30.5 Å². The largest absolute Gasteiger partial charge is 0.368 e. The highest BCUT2D eigenvalue weighted by molar-refractivity contribution is 5.98. The van der Waals surface area contributed by atoms with Crippen LogP contribution in [0.4, 0.5) is 5.95 Å². The maximum absolute atomic E-state index is 12.3. The number of hydrogen-bond acceptors (Lipinski definition) is 4. The molecular weight excluding hydrogens is 274 g/mol. The van der Waals surface area contributed by atoms with Crippen LogP contribution in [0.2, 0.25) is 0 Å². The number of benzene rings is 1. The molecule has 0 aliphatic heterocycles. The van der Waals surface area contributed by atoms with Crippen LogP contribution in [0.25, 0.3) is 0 Å². The van der Waals surface area contributed by atoms with Crippen LogP contribution in [-0.4, -0.2) is 15.8 Å². The number of nitrogen functional groups attached to an aromatic ring is 1. The zero-order chi connectivity index (χ0) is 15.9. The molecular formula is C18H21N3O. The van der Waals surface area contributed by atoms with Gasteiger partial charge in [0.1, 0.15) is 0 Å². The molecule has 0 amide bonds. The van der Waals surface area contributed by atoms with Gasteiger partial charge in [0.15, 0.2) is 5.78 Å². The maximum Gasteiger partial charge on any atom is 0.220 e. The molecule has 2 aromatic rings. The summed E-state index contributed by atoms with van der Waals surface area (Å²) < 4.78 is 0. The van der Waals surface area contributed by atoms with Crippen LogP contribution < -0.4 is 5.73 Å². The van der Waals surface area contributed by atoms with Gasteiger partial charge in [0.05, 0.1) is 11.3 Å². The third-order valence-corrected chi connectivity index (χ3v) is 4.31. The van der Waals surface area contributed by atoms with Crippen LogP contribution in [0.1, 0.15) is 60.3 Å². The SMILES string of the molecule is CC(C)(C)c1ccc([C@@H]2CC(=O)c3cnc(N)nc3C2)cc1. The van der Waals surface area contributed by atoms with E-state index in [2.05, 4.69) is 55.0 Å². The molecule has 114 valence electrons. The molecule has 2 N–H and O–H groups in total. The van der Waals surface area contributed by atoms with Crippen LogP contribution in [0.5, 0.6) is 0 Å². The fourth-order valence-corrected chi connectivity index (χ4v) is 2.95. The van der Waals surface area contributed by atoms with E-state index in [1.165, 1.54) is 11.1 Å². The van der Waals surface area contributed by atoms with Gasteiger partial charge in [-0.25, -0.2) is 9.97 Å². The summed E-state index contributed by atoms with van der Waals surface area (Å²) in [6, 6.07) is 8.58. The predicted molar refractivity (Wildman–Crippen MR) is 87.0 cm³/mol. The van der Waals surface area contributed by atoms with E-state index in [-0.39, 0.29) is 23.1 Å². The number of nitrogens with zero attached hydrogens (tertiary/aromatic N) is 2. The first-order chi connectivity index (χ1) is 10.3. The van der Waals surface area contributed by atoms with Crippen LogP contribution in [-0.2, 0) is 11.8 Å². The number of anilines is 1. The molecule has 0 saturated heterocycles. The fraction of sp³-hybridized carbons (Fsp3) is 0.389. The second-order valence-electron chi connectivity index (χ2n) is 6.99. The van der Waals surface area contributed by atoms with Crippen molar-refractivity contribution in [3.05, 3.63) is 52.8 Å². The van der Waals surface area contributed by atoms with E-state index in [0.717, 1.165) is 12.1 Å². The summed E-state index contributed by atoms with van der Waals surface area (Å²) in [5.74, 6) is 0.504. The van der Waals surface area contributed by atoms with Crippen molar-refractivity contribution in [3.63, 3.8) is 0 Å². The van der Waals surface area contributed by atoms with Gasteiger partial charge in [0, 0.05) is 12.6 Å². The Hall–Kier alpha value is -2.23. The molecule has 1 heterocycles. The molecule has 1 aliphatic carbocycles.